The smallest absolute Gasteiger partial charge is 0.230 e. The van der Waals surface area contributed by atoms with Crippen molar-refractivity contribution in [1.29, 1.82) is 0 Å². The lowest BCUT2D eigenvalue weighted by Crippen LogP contribution is -2.26. The maximum absolute atomic E-state index is 12.3. The first-order chi connectivity index (χ1) is 14.7. The van der Waals surface area contributed by atoms with E-state index in [0.717, 1.165) is 53.5 Å². The number of allylic oxidation sites excluding steroid dienone is 1. The Morgan fingerprint density at radius 2 is 1.73 bits per heavy atom. The molecule has 2 aromatic carbocycles. The summed E-state index contributed by atoms with van der Waals surface area (Å²) in [4.78, 5) is 17.2. The van der Waals surface area contributed by atoms with Crippen LogP contribution in [0.5, 0.6) is 0 Å². The Morgan fingerprint density at radius 3 is 2.37 bits per heavy atom. The summed E-state index contributed by atoms with van der Waals surface area (Å²) in [6.07, 6.45) is 5.18. The molecule has 1 heterocycles. The first kappa shape index (κ1) is 21.9. The molecule has 0 spiro atoms. The number of nitrogens with one attached hydrogen (secondary N) is 1. The average Bonchev–Trinajstić information content (AvgIpc) is 3.15. The highest BCUT2D eigenvalue weighted by Gasteiger charge is 2.20. The van der Waals surface area contributed by atoms with E-state index in [1.54, 1.807) is 0 Å². The normalized spacial score (nSPS) is 10.7. The van der Waals surface area contributed by atoms with E-state index in [4.69, 9.17) is 4.98 Å². The summed E-state index contributed by atoms with van der Waals surface area (Å²) in [7, 11) is 0. The number of thioether (sulfide) groups is 1. The Labute approximate surface area is 183 Å². The molecule has 5 heteroatoms. The van der Waals surface area contributed by atoms with E-state index in [1.807, 2.05) is 42.5 Å². The van der Waals surface area contributed by atoms with Crippen molar-refractivity contribution < 1.29 is 4.79 Å². The fourth-order valence-electron chi connectivity index (χ4n) is 3.31. The van der Waals surface area contributed by atoms with Gasteiger partial charge in [-0.15, -0.1) is 6.58 Å². The van der Waals surface area contributed by atoms with Crippen LogP contribution in [-0.2, 0) is 11.3 Å². The second kappa shape index (κ2) is 11.4. The van der Waals surface area contributed by atoms with E-state index < -0.39 is 0 Å². The van der Waals surface area contributed by atoms with Crippen molar-refractivity contribution in [2.45, 2.75) is 37.9 Å². The van der Waals surface area contributed by atoms with Crippen molar-refractivity contribution in [2.24, 2.45) is 0 Å². The molecule has 0 fully saturated rings. The Kier molecular flexibility index (Phi) is 8.33. The van der Waals surface area contributed by atoms with Crippen LogP contribution in [-0.4, -0.2) is 27.8 Å². The van der Waals surface area contributed by atoms with E-state index >= 15 is 0 Å². The predicted molar refractivity (Wildman–Crippen MR) is 127 cm³/mol. The largest absolute Gasteiger partial charge is 0.355 e. The van der Waals surface area contributed by atoms with Crippen LogP contribution in [0.3, 0.4) is 0 Å². The third-order valence-electron chi connectivity index (χ3n) is 4.77. The molecule has 1 aromatic heterocycles. The molecule has 4 nitrogen and oxygen atoms in total. The van der Waals surface area contributed by atoms with E-state index in [9.17, 15) is 4.79 Å². The van der Waals surface area contributed by atoms with Crippen molar-refractivity contribution in [2.75, 3.05) is 12.3 Å². The zero-order valence-electron chi connectivity index (χ0n) is 17.5. The molecule has 0 unspecified atom stereocenters. The van der Waals surface area contributed by atoms with Crippen LogP contribution in [0.1, 0.15) is 26.2 Å². The van der Waals surface area contributed by atoms with Crippen LogP contribution in [0.2, 0.25) is 0 Å². The fourth-order valence-corrected chi connectivity index (χ4v) is 4.15. The van der Waals surface area contributed by atoms with Crippen LogP contribution in [0, 0.1) is 0 Å². The molecule has 0 saturated heterocycles. The topological polar surface area (TPSA) is 46.9 Å². The summed E-state index contributed by atoms with van der Waals surface area (Å²) in [6.45, 7) is 7.45. The first-order valence-corrected chi connectivity index (χ1v) is 11.4. The molecule has 0 atom stereocenters. The summed E-state index contributed by atoms with van der Waals surface area (Å²) in [5.41, 5.74) is 4.13. The quantitative estimate of drug-likeness (QED) is 0.243. The van der Waals surface area contributed by atoms with Gasteiger partial charge in [0.05, 0.1) is 17.1 Å². The molecular formula is C25H29N3OS. The lowest BCUT2D eigenvalue weighted by atomic mass is 10.0. The molecule has 30 heavy (non-hydrogen) atoms. The SMILES string of the molecule is C=CCn1c(SCC(=O)NCCCCC)nc(-c2ccccc2)c1-c1ccccc1. The minimum absolute atomic E-state index is 0.0479. The molecule has 3 rings (SSSR count). The standard InChI is InChI=1S/C25H29N3OS/c1-3-5-12-17-26-22(29)19-30-25-27-23(20-13-8-6-9-14-20)24(28(25)18-4-2)21-15-10-7-11-16-21/h4,6-11,13-16H,2-3,5,12,17-19H2,1H3,(H,26,29). The molecule has 0 bridgehead atoms. The third kappa shape index (κ3) is 5.63. The number of hydrogen-bond acceptors (Lipinski definition) is 3. The Hall–Kier alpha value is -2.79. The minimum atomic E-state index is 0.0479. The number of aromatic nitrogens is 2. The second-order valence-corrected chi connectivity index (χ2v) is 8.01. The third-order valence-corrected chi connectivity index (χ3v) is 5.75. The molecule has 156 valence electrons. The lowest BCUT2D eigenvalue weighted by Gasteiger charge is -2.11. The van der Waals surface area contributed by atoms with Gasteiger partial charge < -0.3 is 9.88 Å². The number of carbonyl (C=O) groups is 1. The Bertz CT molecular complexity index is 951. The number of benzene rings is 2. The molecule has 0 radical (unpaired) electrons. The van der Waals surface area contributed by atoms with Crippen molar-refractivity contribution in [1.82, 2.24) is 14.9 Å². The molecule has 1 amide bonds. The maximum atomic E-state index is 12.3. The van der Waals surface area contributed by atoms with E-state index in [2.05, 4.69) is 47.7 Å². The van der Waals surface area contributed by atoms with Gasteiger partial charge in [-0.05, 0) is 6.42 Å². The maximum Gasteiger partial charge on any atom is 0.230 e. The predicted octanol–water partition coefficient (Wildman–Crippen LogP) is 5.80. The van der Waals surface area contributed by atoms with Crippen molar-refractivity contribution in [3.05, 3.63) is 73.3 Å². The zero-order chi connectivity index (χ0) is 21.2. The first-order valence-electron chi connectivity index (χ1n) is 10.5. The molecular weight excluding hydrogens is 390 g/mol. The van der Waals surface area contributed by atoms with Gasteiger partial charge in [0.25, 0.3) is 0 Å². The minimum Gasteiger partial charge on any atom is -0.355 e. The van der Waals surface area contributed by atoms with Gasteiger partial charge in [-0.3, -0.25) is 4.79 Å². The van der Waals surface area contributed by atoms with Crippen LogP contribution in [0.4, 0.5) is 0 Å². The van der Waals surface area contributed by atoms with E-state index in [-0.39, 0.29) is 5.91 Å². The van der Waals surface area contributed by atoms with Gasteiger partial charge in [0.15, 0.2) is 5.16 Å². The highest BCUT2D eigenvalue weighted by atomic mass is 32.2. The van der Waals surface area contributed by atoms with Gasteiger partial charge in [0, 0.05) is 24.2 Å². The highest BCUT2D eigenvalue weighted by Crippen LogP contribution is 2.35. The summed E-state index contributed by atoms with van der Waals surface area (Å²) < 4.78 is 2.15. The molecule has 0 aliphatic heterocycles. The van der Waals surface area contributed by atoms with Gasteiger partial charge in [0.1, 0.15) is 0 Å². The number of imidazole rings is 1. The average molecular weight is 420 g/mol. The van der Waals surface area contributed by atoms with Crippen molar-refractivity contribution in [3.8, 4) is 22.5 Å². The molecule has 3 aromatic rings. The molecule has 0 saturated carbocycles. The fraction of sp³-hybridized carbons (Fsp3) is 0.280. The van der Waals surface area contributed by atoms with Gasteiger partial charge in [0.2, 0.25) is 5.91 Å². The Balaban J connectivity index is 1.90. The van der Waals surface area contributed by atoms with Gasteiger partial charge in [-0.2, -0.15) is 0 Å². The van der Waals surface area contributed by atoms with Crippen LogP contribution < -0.4 is 5.32 Å². The summed E-state index contributed by atoms with van der Waals surface area (Å²) in [5.74, 6) is 0.398. The van der Waals surface area contributed by atoms with Crippen molar-refractivity contribution >= 4 is 17.7 Å². The van der Waals surface area contributed by atoms with Gasteiger partial charge in [-0.25, -0.2) is 4.98 Å². The molecule has 0 aliphatic rings. The van der Waals surface area contributed by atoms with Crippen LogP contribution >= 0.6 is 11.8 Å². The number of rotatable bonds is 11. The highest BCUT2D eigenvalue weighted by molar-refractivity contribution is 7.99. The van der Waals surface area contributed by atoms with Gasteiger partial charge in [-0.1, -0.05) is 98.3 Å². The molecule has 0 aliphatic carbocycles. The number of carbonyl (C=O) groups excluding carboxylic acids is 1. The van der Waals surface area contributed by atoms with Crippen LogP contribution in [0.15, 0.2) is 78.5 Å². The van der Waals surface area contributed by atoms with Crippen LogP contribution in [0.25, 0.3) is 22.5 Å². The molecule has 1 N–H and O–H groups in total. The lowest BCUT2D eigenvalue weighted by molar-refractivity contribution is -0.118. The summed E-state index contributed by atoms with van der Waals surface area (Å²) >= 11 is 1.48. The second-order valence-electron chi connectivity index (χ2n) is 7.07. The number of amides is 1. The van der Waals surface area contributed by atoms with Gasteiger partial charge >= 0.3 is 0 Å². The van der Waals surface area contributed by atoms with E-state index in [1.165, 1.54) is 11.8 Å². The number of hydrogen-bond donors (Lipinski definition) is 1. The van der Waals surface area contributed by atoms with E-state index in [0.29, 0.717) is 12.3 Å². The number of unbranched alkanes of at least 4 members (excludes halogenated alkanes) is 2. The number of nitrogens with zero attached hydrogens (tertiary/aromatic N) is 2. The summed E-state index contributed by atoms with van der Waals surface area (Å²) in [5, 5.41) is 3.84. The Morgan fingerprint density at radius 1 is 1.07 bits per heavy atom. The summed E-state index contributed by atoms with van der Waals surface area (Å²) in [6, 6.07) is 20.5. The zero-order valence-corrected chi connectivity index (χ0v) is 18.3. The monoisotopic (exact) mass is 419 g/mol. The van der Waals surface area contributed by atoms with Crippen molar-refractivity contribution in [3.63, 3.8) is 0 Å².